The molecule has 2 fully saturated rings. The van der Waals surface area contributed by atoms with E-state index in [1.54, 1.807) is 0 Å². The van der Waals surface area contributed by atoms with Gasteiger partial charge in [0.15, 0.2) is 0 Å². The van der Waals surface area contributed by atoms with Crippen molar-refractivity contribution in [1.82, 2.24) is 20.2 Å². The van der Waals surface area contributed by atoms with Crippen LogP contribution >= 0.6 is 0 Å². The van der Waals surface area contributed by atoms with Crippen LogP contribution in [-0.4, -0.2) is 33.6 Å². The van der Waals surface area contributed by atoms with Gasteiger partial charge in [-0.15, -0.1) is 0 Å². The van der Waals surface area contributed by atoms with Crippen molar-refractivity contribution in [2.45, 2.75) is 69.6 Å². The molecule has 2 aliphatic rings. The van der Waals surface area contributed by atoms with Gasteiger partial charge >= 0.3 is 5.69 Å². The molecule has 2 atom stereocenters. The minimum Gasteiger partial charge on any atom is -0.352 e. The van der Waals surface area contributed by atoms with Crippen LogP contribution in [-0.2, 0) is 11.3 Å². The molecule has 0 bridgehead atoms. The van der Waals surface area contributed by atoms with Crippen LogP contribution in [0.1, 0.15) is 44.9 Å². The number of nitrogens with one attached hydrogen (secondary N) is 3. The van der Waals surface area contributed by atoms with Crippen molar-refractivity contribution in [3.63, 3.8) is 0 Å². The first-order valence-electron chi connectivity index (χ1n) is 8.47. The number of aromatic amines is 1. The Bertz CT molecular complexity index is 660. The summed E-state index contributed by atoms with van der Waals surface area (Å²) in [6.07, 6.45) is 8.86. The SMILES string of the molecule is O=C(CCn1ccc(=O)[nH]c1=O)N[C@H]1CC[C@H]1NC1CCCC1. The zero-order chi connectivity index (χ0) is 16.2. The summed E-state index contributed by atoms with van der Waals surface area (Å²) in [5.74, 6) is -0.0500. The first-order valence-corrected chi connectivity index (χ1v) is 8.47. The molecule has 2 saturated carbocycles. The van der Waals surface area contributed by atoms with E-state index in [1.165, 1.54) is 42.5 Å². The number of H-pyrrole nitrogens is 1. The van der Waals surface area contributed by atoms with E-state index < -0.39 is 11.2 Å². The Morgan fingerprint density at radius 2 is 1.91 bits per heavy atom. The van der Waals surface area contributed by atoms with Crippen LogP contribution in [0.15, 0.2) is 21.9 Å². The molecule has 23 heavy (non-hydrogen) atoms. The fourth-order valence-electron chi connectivity index (χ4n) is 3.39. The third kappa shape index (κ3) is 4.10. The van der Waals surface area contributed by atoms with Gasteiger partial charge in [0.2, 0.25) is 5.91 Å². The average Bonchev–Trinajstić information content (AvgIpc) is 3.01. The van der Waals surface area contributed by atoms with Gasteiger partial charge in [0, 0.05) is 43.4 Å². The summed E-state index contributed by atoms with van der Waals surface area (Å²) in [7, 11) is 0. The Kier molecular flexibility index (Phi) is 4.95. The standard InChI is InChI=1S/C16H24N4O3/c21-14(7-9-20-10-8-15(22)19-16(20)23)18-13-6-5-12(13)17-11-3-1-2-4-11/h8,10-13,17H,1-7,9H2,(H,18,21)(H,19,22,23)/t12-,13+/m1/s1. The Labute approximate surface area is 134 Å². The lowest BCUT2D eigenvalue weighted by molar-refractivity contribution is -0.122. The van der Waals surface area contributed by atoms with Gasteiger partial charge in [0.1, 0.15) is 0 Å². The van der Waals surface area contributed by atoms with E-state index in [1.807, 2.05) is 0 Å². The first kappa shape index (κ1) is 16.0. The summed E-state index contributed by atoms with van der Waals surface area (Å²) >= 11 is 0. The molecule has 2 aliphatic carbocycles. The highest BCUT2D eigenvalue weighted by Gasteiger charge is 2.33. The molecule has 1 aromatic heterocycles. The molecule has 0 radical (unpaired) electrons. The predicted octanol–water partition coefficient (Wildman–Crippen LogP) is 0.106. The van der Waals surface area contributed by atoms with E-state index in [2.05, 4.69) is 15.6 Å². The van der Waals surface area contributed by atoms with Crippen molar-refractivity contribution in [3.05, 3.63) is 33.1 Å². The summed E-state index contributed by atoms with van der Waals surface area (Å²) in [6, 6.07) is 2.49. The van der Waals surface area contributed by atoms with E-state index in [-0.39, 0.29) is 24.9 Å². The third-order valence-electron chi connectivity index (χ3n) is 4.90. The van der Waals surface area contributed by atoms with Crippen LogP contribution in [0.2, 0.25) is 0 Å². The van der Waals surface area contributed by atoms with Gasteiger partial charge in [0.05, 0.1) is 0 Å². The molecular weight excluding hydrogens is 296 g/mol. The molecule has 126 valence electrons. The maximum absolute atomic E-state index is 12.1. The average molecular weight is 320 g/mol. The highest BCUT2D eigenvalue weighted by Crippen LogP contribution is 2.25. The van der Waals surface area contributed by atoms with Crippen LogP contribution in [0.3, 0.4) is 0 Å². The molecule has 3 N–H and O–H groups in total. The Hall–Kier alpha value is -1.89. The molecule has 7 heteroatoms. The normalized spacial score (nSPS) is 24.3. The highest BCUT2D eigenvalue weighted by molar-refractivity contribution is 5.76. The van der Waals surface area contributed by atoms with E-state index in [9.17, 15) is 14.4 Å². The minimum atomic E-state index is -0.477. The van der Waals surface area contributed by atoms with E-state index in [0.29, 0.717) is 12.1 Å². The van der Waals surface area contributed by atoms with Crippen LogP contribution in [0, 0.1) is 0 Å². The lowest BCUT2D eigenvalue weighted by atomic mass is 9.85. The first-order chi connectivity index (χ1) is 11.1. The molecule has 0 aliphatic heterocycles. The van der Waals surface area contributed by atoms with Crippen molar-refractivity contribution in [1.29, 1.82) is 0 Å². The van der Waals surface area contributed by atoms with E-state index in [0.717, 1.165) is 12.8 Å². The number of hydrogen-bond donors (Lipinski definition) is 3. The number of aromatic nitrogens is 2. The fourth-order valence-corrected chi connectivity index (χ4v) is 3.39. The van der Waals surface area contributed by atoms with Crippen LogP contribution in [0.4, 0.5) is 0 Å². The van der Waals surface area contributed by atoms with Crippen molar-refractivity contribution < 1.29 is 4.79 Å². The summed E-state index contributed by atoms with van der Waals surface area (Å²) in [4.78, 5) is 36.8. The number of aryl methyl sites for hydroxylation is 1. The van der Waals surface area contributed by atoms with E-state index in [4.69, 9.17) is 0 Å². The molecule has 0 aromatic carbocycles. The van der Waals surface area contributed by atoms with Gasteiger partial charge in [-0.05, 0) is 25.7 Å². The van der Waals surface area contributed by atoms with Crippen molar-refractivity contribution in [3.8, 4) is 0 Å². The van der Waals surface area contributed by atoms with Crippen molar-refractivity contribution in [2.24, 2.45) is 0 Å². The fraction of sp³-hybridized carbons (Fsp3) is 0.688. The third-order valence-corrected chi connectivity index (χ3v) is 4.90. The van der Waals surface area contributed by atoms with Crippen molar-refractivity contribution in [2.75, 3.05) is 0 Å². The molecule has 3 rings (SSSR count). The van der Waals surface area contributed by atoms with Gasteiger partial charge in [-0.1, -0.05) is 12.8 Å². The molecule has 1 aromatic rings. The number of amides is 1. The van der Waals surface area contributed by atoms with Gasteiger partial charge in [0.25, 0.3) is 5.56 Å². The molecule has 7 nitrogen and oxygen atoms in total. The van der Waals surface area contributed by atoms with Crippen molar-refractivity contribution >= 4 is 5.91 Å². The smallest absolute Gasteiger partial charge is 0.328 e. The molecule has 0 saturated heterocycles. The summed E-state index contributed by atoms with van der Waals surface area (Å²) in [5, 5.41) is 6.70. The van der Waals surface area contributed by atoms with Crippen LogP contribution < -0.4 is 21.9 Å². The van der Waals surface area contributed by atoms with Crippen LogP contribution in [0.25, 0.3) is 0 Å². The second-order valence-corrected chi connectivity index (χ2v) is 6.56. The number of carbonyl (C=O) groups is 1. The second-order valence-electron chi connectivity index (χ2n) is 6.56. The second kappa shape index (κ2) is 7.12. The lowest BCUT2D eigenvalue weighted by Gasteiger charge is -2.39. The largest absolute Gasteiger partial charge is 0.352 e. The van der Waals surface area contributed by atoms with Gasteiger partial charge in [-0.2, -0.15) is 0 Å². The molecule has 0 spiro atoms. The topological polar surface area (TPSA) is 96.0 Å². The summed E-state index contributed by atoms with van der Waals surface area (Å²) in [6.45, 7) is 0.273. The Morgan fingerprint density at radius 1 is 1.17 bits per heavy atom. The van der Waals surface area contributed by atoms with Crippen LogP contribution in [0.5, 0.6) is 0 Å². The maximum atomic E-state index is 12.1. The quantitative estimate of drug-likeness (QED) is 0.693. The number of carbonyl (C=O) groups excluding carboxylic acids is 1. The molecule has 0 unspecified atom stereocenters. The predicted molar refractivity (Wildman–Crippen MR) is 86.3 cm³/mol. The number of nitrogens with zero attached hydrogens (tertiary/aromatic N) is 1. The molecular formula is C16H24N4O3. The lowest BCUT2D eigenvalue weighted by Crippen LogP contribution is -2.58. The summed E-state index contributed by atoms with van der Waals surface area (Å²) < 4.78 is 1.34. The Morgan fingerprint density at radius 3 is 2.57 bits per heavy atom. The number of hydrogen-bond acceptors (Lipinski definition) is 4. The highest BCUT2D eigenvalue weighted by atomic mass is 16.2. The molecule has 1 heterocycles. The monoisotopic (exact) mass is 320 g/mol. The van der Waals surface area contributed by atoms with Gasteiger partial charge in [-0.25, -0.2) is 4.79 Å². The summed E-state index contributed by atoms with van der Waals surface area (Å²) in [5.41, 5.74) is -0.902. The molecule has 1 amide bonds. The van der Waals surface area contributed by atoms with Gasteiger partial charge in [-0.3, -0.25) is 14.6 Å². The Balaban J connectivity index is 1.44. The van der Waals surface area contributed by atoms with E-state index >= 15 is 0 Å². The van der Waals surface area contributed by atoms with Gasteiger partial charge < -0.3 is 15.2 Å². The zero-order valence-corrected chi connectivity index (χ0v) is 13.2. The zero-order valence-electron chi connectivity index (χ0n) is 13.2. The number of rotatable bonds is 6. The maximum Gasteiger partial charge on any atom is 0.328 e. The minimum absolute atomic E-state index is 0.0500.